The third-order valence-corrected chi connectivity index (χ3v) is 6.62. The molecule has 0 radical (unpaired) electrons. The Kier molecular flexibility index (Phi) is 7.38. The minimum absolute atomic E-state index is 0.0929. The summed E-state index contributed by atoms with van der Waals surface area (Å²) in [5.41, 5.74) is 6.03. The standard InChI is InChI=1S/C25H17ClN4O5S/c26-22-19-12-11-18(30(34)35)14-20(19)36-23(22)25(33)27-17-9-7-16(8-10-17)24(32)29-28-21(31)13-6-15-4-2-1-3-5-15/h1-14H,(H,27,33)(H,28,31)(H,29,32)/b13-6+. The number of fused-ring (bicyclic) bond motifs is 1. The van der Waals surface area contributed by atoms with Gasteiger partial charge in [-0.05, 0) is 42.0 Å². The molecule has 9 nitrogen and oxygen atoms in total. The van der Waals surface area contributed by atoms with E-state index in [0.29, 0.717) is 15.8 Å². The van der Waals surface area contributed by atoms with Crippen LogP contribution in [0.1, 0.15) is 25.6 Å². The van der Waals surface area contributed by atoms with Crippen LogP contribution >= 0.6 is 22.9 Å². The summed E-state index contributed by atoms with van der Waals surface area (Å²) in [5.74, 6) is -1.52. The molecule has 1 aromatic heterocycles. The first kappa shape index (κ1) is 24.6. The fourth-order valence-corrected chi connectivity index (χ4v) is 4.62. The first-order valence-electron chi connectivity index (χ1n) is 10.4. The van der Waals surface area contributed by atoms with Crippen molar-refractivity contribution in [1.29, 1.82) is 0 Å². The molecule has 0 saturated carbocycles. The molecule has 0 unspecified atom stereocenters. The van der Waals surface area contributed by atoms with Crippen molar-refractivity contribution in [2.45, 2.75) is 0 Å². The molecule has 1 heterocycles. The average molecular weight is 521 g/mol. The number of benzene rings is 3. The number of non-ortho nitro benzene ring substituents is 1. The first-order chi connectivity index (χ1) is 17.3. The van der Waals surface area contributed by atoms with Crippen LogP contribution in [0.4, 0.5) is 11.4 Å². The second-order valence-electron chi connectivity index (χ2n) is 7.40. The van der Waals surface area contributed by atoms with Crippen LogP contribution in [-0.2, 0) is 4.79 Å². The molecule has 0 aliphatic rings. The van der Waals surface area contributed by atoms with Crippen molar-refractivity contribution in [3.63, 3.8) is 0 Å². The van der Waals surface area contributed by atoms with E-state index >= 15 is 0 Å². The molecule has 0 bridgehead atoms. The molecule has 0 aliphatic heterocycles. The van der Waals surface area contributed by atoms with Gasteiger partial charge in [0.25, 0.3) is 23.4 Å². The van der Waals surface area contributed by atoms with E-state index in [2.05, 4.69) is 16.2 Å². The van der Waals surface area contributed by atoms with Crippen molar-refractivity contribution in [2.24, 2.45) is 0 Å². The second kappa shape index (κ2) is 10.8. The van der Waals surface area contributed by atoms with E-state index in [1.807, 2.05) is 30.3 Å². The summed E-state index contributed by atoms with van der Waals surface area (Å²) < 4.78 is 0.520. The number of hydrogen-bond acceptors (Lipinski definition) is 6. The highest BCUT2D eigenvalue weighted by atomic mass is 35.5. The summed E-state index contributed by atoms with van der Waals surface area (Å²) >= 11 is 7.37. The van der Waals surface area contributed by atoms with Gasteiger partial charge >= 0.3 is 0 Å². The van der Waals surface area contributed by atoms with E-state index in [1.54, 1.807) is 6.08 Å². The van der Waals surface area contributed by atoms with Crippen LogP contribution < -0.4 is 16.2 Å². The Morgan fingerprint density at radius 1 is 0.917 bits per heavy atom. The lowest BCUT2D eigenvalue weighted by atomic mass is 10.2. The molecule has 0 spiro atoms. The number of carbonyl (C=O) groups is 3. The molecule has 4 aromatic rings. The maximum absolute atomic E-state index is 12.7. The fourth-order valence-electron chi connectivity index (χ4n) is 3.17. The molecule has 3 aromatic carbocycles. The first-order valence-corrected chi connectivity index (χ1v) is 11.6. The third-order valence-electron chi connectivity index (χ3n) is 4.96. The lowest BCUT2D eigenvalue weighted by Crippen LogP contribution is -2.40. The summed E-state index contributed by atoms with van der Waals surface area (Å²) in [7, 11) is 0. The number of nitro groups is 1. The van der Waals surface area contributed by atoms with Gasteiger partial charge in [0.2, 0.25) is 0 Å². The van der Waals surface area contributed by atoms with Crippen LogP contribution in [0, 0.1) is 10.1 Å². The summed E-state index contributed by atoms with van der Waals surface area (Å²) in [6.07, 6.45) is 2.91. The number of halogens is 1. The van der Waals surface area contributed by atoms with Crippen molar-refractivity contribution in [3.8, 4) is 0 Å². The lowest BCUT2D eigenvalue weighted by molar-refractivity contribution is -0.384. The topological polar surface area (TPSA) is 130 Å². The van der Waals surface area contributed by atoms with Gasteiger partial charge in [-0.1, -0.05) is 41.9 Å². The van der Waals surface area contributed by atoms with Crippen molar-refractivity contribution in [1.82, 2.24) is 10.9 Å². The minimum Gasteiger partial charge on any atom is -0.321 e. The highest BCUT2D eigenvalue weighted by Gasteiger charge is 2.19. The minimum atomic E-state index is -0.538. The highest BCUT2D eigenvalue weighted by molar-refractivity contribution is 7.21. The Labute approximate surface area is 213 Å². The molecule has 0 atom stereocenters. The number of nitro benzene ring substituents is 1. The Balaban J connectivity index is 1.36. The normalized spacial score (nSPS) is 10.8. The number of anilines is 1. The zero-order valence-corrected chi connectivity index (χ0v) is 19.9. The van der Waals surface area contributed by atoms with Crippen molar-refractivity contribution < 1.29 is 19.3 Å². The van der Waals surface area contributed by atoms with Crippen molar-refractivity contribution in [2.75, 3.05) is 5.32 Å². The van der Waals surface area contributed by atoms with E-state index in [9.17, 15) is 24.5 Å². The maximum Gasteiger partial charge on any atom is 0.270 e. The van der Waals surface area contributed by atoms with E-state index in [0.717, 1.165) is 16.9 Å². The van der Waals surface area contributed by atoms with Gasteiger partial charge in [0, 0.05) is 39.5 Å². The van der Waals surface area contributed by atoms with Crippen LogP contribution in [-0.4, -0.2) is 22.6 Å². The van der Waals surface area contributed by atoms with E-state index in [1.165, 1.54) is 48.5 Å². The van der Waals surface area contributed by atoms with Crippen LogP contribution in [0.5, 0.6) is 0 Å². The Morgan fingerprint density at radius 2 is 1.64 bits per heavy atom. The van der Waals surface area contributed by atoms with Crippen molar-refractivity contribution >= 4 is 68.2 Å². The number of hydrogen-bond donors (Lipinski definition) is 3. The van der Waals surface area contributed by atoms with Crippen LogP contribution in [0.3, 0.4) is 0 Å². The van der Waals surface area contributed by atoms with Gasteiger partial charge in [0.15, 0.2) is 0 Å². The van der Waals surface area contributed by atoms with E-state index in [-0.39, 0.29) is 21.2 Å². The van der Waals surface area contributed by atoms with Gasteiger partial charge in [0.1, 0.15) is 4.88 Å². The number of hydrazine groups is 1. The largest absolute Gasteiger partial charge is 0.321 e. The summed E-state index contributed by atoms with van der Waals surface area (Å²) in [5, 5.41) is 14.4. The third kappa shape index (κ3) is 5.74. The SMILES string of the molecule is O=C(/C=C/c1ccccc1)NNC(=O)c1ccc(NC(=O)c2sc3cc([N+](=O)[O-])ccc3c2Cl)cc1. The second-order valence-corrected chi connectivity index (χ2v) is 8.83. The number of nitrogens with zero attached hydrogens (tertiary/aromatic N) is 1. The Morgan fingerprint density at radius 3 is 2.33 bits per heavy atom. The molecular weight excluding hydrogens is 504 g/mol. The number of thiophene rings is 1. The molecule has 36 heavy (non-hydrogen) atoms. The molecule has 0 aliphatic carbocycles. The summed E-state index contributed by atoms with van der Waals surface area (Å²) in [6, 6.07) is 19.4. The highest BCUT2D eigenvalue weighted by Crippen LogP contribution is 2.37. The molecule has 11 heteroatoms. The molecule has 0 saturated heterocycles. The zero-order chi connectivity index (χ0) is 25.7. The van der Waals surface area contributed by atoms with Gasteiger partial charge in [-0.15, -0.1) is 11.3 Å². The summed E-state index contributed by atoms with van der Waals surface area (Å²) in [4.78, 5) is 47.6. The predicted octanol–water partition coefficient (Wildman–Crippen LogP) is 5.19. The molecular formula is C25H17ClN4O5S. The Bertz CT molecular complexity index is 1500. The smallest absolute Gasteiger partial charge is 0.270 e. The van der Waals surface area contributed by atoms with E-state index < -0.39 is 22.6 Å². The van der Waals surface area contributed by atoms with Crippen LogP contribution in [0.15, 0.2) is 78.9 Å². The molecule has 3 amide bonds. The predicted molar refractivity (Wildman–Crippen MR) is 139 cm³/mol. The quantitative estimate of drug-likeness (QED) is 0.183. The molecule has 3 N–H and O–H groups in total. The van der Waals surface area contributed by atoms with Gasteiger partial charge in [-0.3, -0.25) is 35.3 Å². The molecule has 4 rings (SSSR count). The van der Waals surface area contributed by atoms with Gasteiger partial charge in [0.05, 0.1) is 9.95 Å². The van der Waals surface area contributed by atoms with Crippen molar-refractivity contribution in [3.05, 3.63) is 110 Å². The zero-order valence-electron chi connectivity index (χ0n) is 18.4. The monoisotopic (exact) mass is 520 g/mol. The van der Waals surface area contributed by atoms with Gasteiger partial charge in [-0.25, -0.2) is 0 Å². The fraction of sp³-hybridized carbons (Fsp3) is 0. The number of nitrogens with one attached hydrogen (secondary N) is 3. The molecule has 0 fully saturated rings. The van der Waals surface area contributed by atoms with Crippen LogP contribution in [0.25, 0.3) is 16.2 Å². The lowest BCUT2D eigenvalue weighted by Gasteiger charge is -2.07. The maximum atomic E-state index is 12.7. The number of rotatable bonds is 6. The molecule has 180 valence electrons. The van der Waals surface area contributed by atoms with E-state index in [4.69, 9.17) is 11.6 Å². The number of amides is 3. The number of carbonyl (C=O) groups excluding carboxylic acids is 3. The Hall–Kier alpha value is -4.54. The van der Waals surface area contributed by atoms with Gasteiger partial charge < -0.3 is 5.32 Å². The van der Waals surface area contributed by atoms with Crippen LogP contribution in [0.2, 0.25) is 5.02 Å². The average Bonchev–Trinajstić information content (AvgIpc) is 3.23. The summed E-state index contributed by atoms with van der Waals surface area (Å²) in [6.45, 7) is 0. The van der Waals surface area contributed by atoms with Gasteiger partial charge in [-0.2, -0.15) is 0 Å².